The molecule has 1 N–H and O–H groups in total. The summed E-state index contributed by atoms with van der Waals surface area (Å²) in [6, 6.07) is 16.7. The van der Waals surface area contributed by atoms with E-state index in [1.54, 1.807) is 30.7 Å². The largest absolute Gasteiger partial charge is 0.280 e. The molecule has 1 aromatic heterocycles. The number of rotatable bonds is 4. The maximum Gasteiger partial charge on any atom is 0.265 e. The highest BCUT2D eigenvalue weighted by Gasteiger charge is 2.25. The van der Waals surface area contributed by atoms with Crippen molar-refractivity contribution in [1.82, 2.24) is 9.78 Å². The smallest absolute Gasteiger partial charge is 0.265 e. The molecule has 1 heterocycles. The van der Waals surface area contributed by atoms with Gasteiger partial charge in [-0.05, 0) is 72.8 Å². The Morgan fingerprint density at radius 1 is 1.00 bits per heavy atom. The summed E-state index contributed by atoms with van der Waals surface area (Å²) in [5.74, 6) is 0. The van der Waals surface area contributed by atoms with Crippen LogP contribution in [0.5, 0.6) is 0 Å². The van der Waals surface area contributed by atoms with Crippen LogP contribution < -0.4 is 4.72 Å². The van der Waals surface area contributed by atoms with Gasteiger partial charge in [-0.3, -0.25) is 4.72 Å². The van der Waals surface area contributed by atoms with E-state index >= 15 is 0 Å². The second-order valence-corrected chi connectivity index (χ2v) is 8.22. The van der Waals surface area contributed by atoms with Crippen LogP contribution in [-0.2, 0) is 10.0 Å². The van der Waals surface area contributed by atoms with Gasteiger partial charge in [-0.15, -0.1) is 0 Å². The van der Waals surface area contributed by atoms with Crippen molar-refractivity contribution in [2.75, 3.05) is 4.72 Å². The molecule has 0 spiro atoms. The third kappa shape index (κ3) is 3.32. The van der Waals surface area contributed by atoms with Gasteiger partial charge >= 0.3 is 0 Å². The number of sulfonamides is 1. The number of nitrogens with zero attached hydrogens (tertiary/aromatic N) is 2. The maximum absolute atomic E-state index is 12.8. The van der Waals surface area contributed by atoms with E-state index in [9.17, 15) is 8.42 Å². The summed E-state index contributed by atoms with van der Waals surface area (Å²) in [5, 5.41) is 4.40. The molecule has 0 amide bonds. The SMILES string of the molecule is Cc1nn(-c2ccccc2)c(C)c1S(=O)(=O)Nc1ccc(I)cc1. The first-order valence-electron chi connectivity index (χ1n) is 7.28. The molecule has 5 nitrogen and oxygen atoms in total. The van der Waals surface area contributed by atoms with Gasteiger partial charge in [0.05, 0.1) is 17.1 Å². The van der Waals surface area contributed by atoms with Crippen molar-refractivity contribution in [3.05, 3.63) is 69.6 Å². The highest BCUT2D eigenvalue weighted by Crippen LogP contribution is 2.25. The van der Waals surface area contributed by atoms with Gasteiger partial charge in [-0.1, -0.05) is 18.2 Å². The van der Waals surface area contributed by atoms with E-state index < -0.39 is 10.0 Å². The predicted octanol–water partition coefficient (Wildman–Crippen LogP) is 3.89. The molecule has 124 valence electrons. The van der Waals surface area contributed by atoms with E-state index in [0.717, 1.165) is 9.26 Å². The van der Waals surface area contributed by atoms with Crippen molar-refractivity contribution in [1.29, 1.82) is 0 Å². The Morgan fingerprint density at radius 2 is 1.62 bits per heavy atom. The second-order valence-electron chi connectivity index (χ2n) is 5.36. The fourth-order valence-electron chi connectivity index (χ4n) is 2.56. The highest BCUT2D eigenvalue weighted by molar-refractivity contribution is 14.1. The van der Waals surface area contributed by atoms with E-state index in [4.69, 9.17) is 0 Å². The molecule has 3 aromatic rings. The van der Waals surface area contributed by atoms with Crippen LogP contribution in [0.15, 0.2) is 59.5 Å². The molecule has 3 rings (SSSR count). The third-order valence-corrected chi connectivity index (χ3v) is 5.94. The minimum Gasteiger partial charge on any atom is -0.280 e. The van der Waals surface area contributed by atoms with Crippen molar-refractivity contribution in [2.24, 2.45) is 0 Å². The number of aromatic nitrogens is 2. The van der Waals surface area contributed by atoms with Crippen LogP contribution in [0.1, 0.15) is 11.4 Å². The molecule has 24 heavy (non-hydrogen) atoms. The number of nitrogens with one attached hydrogen (secondary N) is 1. The van der Waals surface area contributed by atoms with Gasteiger partial charge in [0.15, 0.2) is 0 Å². The molecule has 0 saturated heterocycles. The second kappa shape index (κ2) is 6.56. The lowest BCUT2D eigenvalue weighted by atomic mass is 10.3. The summed E-state index contributed by atoms with van der Waals surface area (Å²) in [6.07, 6.45) is 0. The molecule has 0 fully saturated rings. The van der Waals surface area contributed by atoms with Crippen molar-refractivity contribution in [2.45, 2.75) is 18.7 Å². The maximum atomic E-state index is 12.8. The lowest BCUT2D eigenvalue weighted by Crippen LogP contribution is -2.15. The number of anilines is 1. The van der Waals surface area contributed by atoms with Gasteiger partial charge in [0.1, 0.15) is 4.90 Å². The summed E-state index contributed by atoms with van der Waals surface area (Å²) in [7, 11) is -3.71. The third-order valence-electron chi connectivity index (χ3n) is 3.59. The van der Waals surface area contributed by atoms with Gasteiger partial charge in [-0.2, -0.15) is 5.10 Å². The first-order valence-corrected chi connectivity index (χ1v) is 9.85. The van der Waals surface area contributed by atoms with Crippen molar-refractivity contribution >= 4 is 38.3 Å². The van der Waals surface area contributed by atoms with Crippen molar-refractivity contribution in [3.63, 3.8) is 0 Å². The molecule has 0 saturated carbocycles. The van der Waals surface area contributed by atoms with Gasteiger partial charge in [0.25, 0.3) is 10.0 Å². The van der Waals surface area contributed by atoms with E-state index in [2.05, 4.69) is 32.4 Å². The Kier molecular flexibility index (Phi) is 4.64. The first kappa shape index (κ1) is 17.0. The lowest BCUT2D eigenvalue weighted by molar-refractivity contribution is 0.600. The zero-order valence-electron chi connectivity index (χ0n) is 13.2. The van der Waals surface area contributed by atoms with Gasteiger partial charge < -0.3 is 0 Å². The van der Waals surface area contributed by atoms with Crippen LogP contribution in [0.3, 0.4) is 0 Å². The van der Waals surface area contributed by atoms with Crippen LogP contribution in [0.2, 0.25) is 0 Å². The standard InChI is InChI=1S/C17H16IN3O2S/c1-12-17(13(2)21(19-12)16-6-4-3-5-7-16)24(22,23)20-15-10-8-14(18)9-11-15/h3-11,20H,1-2H3. The number of para-hydroxylation sites is 1. The Morgan fingerprint density at radius 3 is 2.25 bits per heavy atom. The number of hydrogen-bond acceptors (Lipinski definition) is 3. The normalized spacial score (nSPS) is 11.5. The zero-order valence-corrected chi connectivity index (χ0v) is 16.2. The lowest BCUT2D eigenvalue weighted by Gasteiger charge is -2.09. The molecular weight excluding hydrogens is 437 g/mol. The minimum atomic E-state index is -3.71. The summed E-state index contributed by atoms with van der Waals surface area (Å²) in [6.45, 7) is 3.46. The molecule has 0 atom stereocenters. The Labute approximate surface area is 154 Å². The Hall–Kier alpha value is -1.87. The van der Waals surface area contributed by atoms with Gasteiger partial charge in [0.2, 0.25) is 0 Å². The van der Waals surface area contributed by atoms with Crippen molar-refractivity contribution in [3.8, 4) is 5.69 Å². The summed E-state index contributed by atoms with van der Waals surface area (Å²) >= 11 is 2.18. The molecule has 0 aliphatic rings. The fraction of sp³-hybridized carbons (Fsp3) is 0.118. The number of aryl methyl sites for hydroxylation is 1. The molecule has 0 aliphatic carbocycles. The van der Waals surface area contributed by atoms with E-state index in [0.29, 0.717) is 17.1 Å². The summed E-state index contributed by atoms with van der Waals surface area (Å²) < 4.78 is 30.9. The molecule has 0 radical (unpaired) electrons. The van der Waals surface area contributed by atoms with Crippen LogP contribution >= 0.6 is 22.6 Å². The topological polar surface area (TPSA) is 64.0 Å². The summed E-state index contributed by atoms with van der Waals surface area (Å²) in [5.41, 5.74) is 2.40. The zero-order chi connectivity index (χ0) is 17.3. The van der Waals surface area contributed by atoms with Crippen molar-refractivity contribution < 1.29 is 8.42 Å². The molecule has 7 heteroatoms. The Balaban J connectivity index is 2.02. The van der Waals surface area contributed by atoms with Crippen LogP contribution in [-0.4, -0.2) is 18.2 Å². The van der Waals surface area contributed by atoms with Gasteiger partial charge in [-0.25, -0.2) is 13.1 Å². The summed E-state index contributed by atoms with van der Waals surface area (Å²) in [4.78, 5) is 0.213. The van der Waals surface area contributed by atoms with Crippen LogP contribution in [0.25, 0.3) is 5.69 Å². The fourth-order valence-corrected chi connectivity index (χ4v) is 4.38. The minimum absolute atomic E-state index is 0.213. The van der Waals surface area contributed by atoms with E-state index in [1.807, 2.05) is 42.5 Å². The van der Waals surface area contributed by atoms with E-state index in [1.165, 1.54) is 0 Å². The number of halogens is 1. The predicted molar refractivity (Wildman–Crippen MR) is 103 cm³/mol. The number of benzene rings is 2. The molecule has 2 aromatic carbocycles. The average molecular weight is 453 g/mol. The van der Waals surface area contributed by atoms with Crippen LogP contribution in [0, 0.1) is 17.4 Å². The monoisotopic (exact) mass is 453 g/mol. The molecular formula is C17H16IN3O2S. The van der Waals surface area contributed by atoms with Gasteiger partial charge in [0, 0.05) is 9.26 Å². The highest BCUT2D eigenvalue weighted by atomic mass is 127. The quantitative estimate of drug-likeness (QED) is 0.610. The van der Waals surface area contributed by atoms with Crippen LogP contribution in [0.4, 0.5) is 5.69 Å². The number of hydrogen-bond donors (Lipinski definition) is 1. The molecule has 0 unspecified atom stereocenters. The molecule has 0 aliphatic heterocycles. The van der Waals surface area contributed by atoms with E-state index in [-0.39, 0.29) is 4.90 Å². The average Bonchev–Trinajstić information content (AvgIpc) is 2.85. The first-order chi connectivity index (χ1) is 11.4. The molecule has 0 bridgehead atoms. The Bertz CT molecular complexity index is 965.